The molecule has 0 aliphatic rings. The summed E-state index contributed by atoms with van der Waals surface area (Å²) in [5, 5.41) is 0.686. The third-order valence-electron chi connectivity index (χ3n) is 3.55. The number of hydrogen-bond acceptors (Lipinski definition) is 2. The van der Waals surface area contributed by atoms with Crippen LogP contribution in [0, 0.1) is 5.92 Å². The molecule has 0 fully saturated rings. The molecule has 0 bridgehead atoms. The lowest BCUT2D eigenvalue weighted by Crippen LogP contribution is -2.46. The quantitative estimate of drug-likeness (QED) is 0.872. The van der Waals surface area contributed by atoms with Crippen LogP contribution in [0.5, 0.6) is 0 Å². The lowest BCUT2D eigenvalue weighted by molar-refractivity contribution is -0.134. The number of halogens is 1. The van der Waals surface area contributed by atoms with Gasteiger partial charge in [0, 0.05) is 18.1 Å². The van der Waals surface area contributed by atoms with Gasteiger partial charge in [0.15, 0.2) is 0 Å². The standard InChI is InChI=1S/C15H23ClN2O/c1-4-11(3)14(17)15(19)18(5-2)10-12-8-6-7-9-13(12)16/h6-9,11,14H,4-5,10,17H2,1-3H3/t11?,14-/m0/s1. The maximum Gasteiger partial charge on any atom is 0.240 e. The van der Waals surface area contributed by atoms with E-state index in [-0.39, 0.29) is 11.8 Å². The van der Waals surface area contributed by atoms with Crippen LogP contribution in [-0.4, -0.2) is 23.4 Å². The van der Waals surface area contributed by atoms with Crippen LogP contribution in [0.4, 0.5) is 0 Å². The van der Waals surface area contributed by atoms with Gasteiger partial charge in [-0.25, -0.2) is 0 Å². The van der Waals surface area contributed by atoms with Gasteiger partial charge >= 0.3 is 0 Å². The van der Waals surface area contributed by atoms with Crippen molar-refractivity contribution in [1.82, 2.24) is 4.90 Å². The lowest BCUT2D eigenvalue weighted by Gasteiger charge is -2.27. The first-order chi connectivity index (χ1) is 9.01. The normalized spacial score (nSPS) is 13.9. The minimum atomic E-state index is -0.438. The Morgan fingerprint density at radius 2 is 2.00 bits per heavy atom. The molecule has 0 radical (unpaired) electrons. The smallest absolute Gasteiger partial charge is 0.240 e. The first kappa shape index (κ1) is 16.0. The second-order valence-electron chi connectivity index (χ2n) is 4.86. The molecule has 1 rings (SSSR count). The first-order valence-corrected chi connectivity index (χ1v) is 7.16. The van der Waals surface area contributed by atoms with Crippen LogP contribution in [0.1, 0.15) is 32.8 Å². The molecule has 1 aromatic rings. The summed E-state index contributed by atoms with van der Waals surface area (Å²) < 4.78 is 0. The third kappa shape index (κ3) is 4.22. The summed E-state index contributed by atoms with van der Waals surface area (Å²) in [7, 11) is 0. The molecule has 0 heterocycles. The molecule has 2 atom stereocenters. The number of hydrogen-bond donors (Lipinski definition) is 1. The van der Waals surface area contributed by atoms with Gasteiger partial charge in [0.05, 0.1) is 6.04 Å². The highest BCUT2D eigenvalue weighted by molar-refractivity contribution is 6.31. The Bertz CT molecular complexity index is 422. The molecular weight excluding hydrogens is 260 g/mol. The van der Waals surface area contributed by atoms with E-state index in [1.807, 2.05) is 45.0 Å². The summed E-state index contributed by atoms with van der Waals surface area (Å²) >= 11 is 6.13. The summed E-state index contributed by atoms with van der Waals surface area (Å²) in [5.74, 6) is 0.185. The Kier molecular flexibility index (Phi) is 6.32. The highest BCUT2D eigenvalue weighted by atomic mass is 35.5. The predicted molar refractivity (Wildman–Crippen MR) is 80.0 cm³/mol. The molecule has 1 unspecified atom stereocenters. The van der Waals surface area contributed by atoms with Gasteiger partial charge in [-0.1, -0.05) is 50.1 Å². The van der Waals surface area contributed by atoms with Crippen LogP contribution in [0.2, 0.25) is 5.02 Å². The number of carbonyl (C=O) groups excluding carboxylic acids is 1. The summed E-state index contributed by atoms with van der Waals surface area (Å²) in [4.78, 5) is 14.1. The van der Waals surface area contributed by atoms with E-state index in [9.17, 15) is 4.79 Å². The average Bonchev–Trinajstić information content (AvgIpc) is 2.44. The van der Waals surface area contributed by atoms with Gasteiger partial charge in [-0.15, -0.1) is 0 Å². The summed E-state index contributed by atoms with van der Waals surface area (Å²) in [6.45, 7) is 7.15. The number of amides is 1. The van der Waals surface area contributed by atoms with E-state index in [1.165, 1.54) is 0 Å². The Morgan fingerprint density at radius 1 is 1.37 bits per heavy atom. The second-order valence-corrected chi connectivity index (χ2v) is 5.26. The number of nitrogens with two attached hydrogens (primary N) is 1. The molecule has 0 aliphatic heterocycles. The van der Waals surface area contributed by atoms with E-state index in [4.69, 9.17) is 17.3 Å². The summed E-state index contributed by atoms with van der Waals surface area (Å²) in [5.41, 5.74) is 6.97. The molecule has 1 aromatic carbocycles. The number of carbonyl (C=O) groups is 1. The van der Waals surface area contributed by atoms with E-state index < -0.39 is 6.04 Å². The average molecular weight is 283 g/mol. The number of nitrogens with zero attached hydrogens (tertiary/aromatic N) is 1. The van der Waals surface area contributed by atoms with E-state index in [0.29, 0.717) is 18.1 Å². The number of rotatable bonds is 6. The molecule has 1 amide bonds. The van der Waals surface area contributed by atoms with Crippen molar-refractivity contribution in [2.24, 2.45) is 11.7 Å². The number of likely N-dealkylation sites (N-methyl/N-ethyl adjacent to an activating group) is 1. The van der Waals surface area contributed by atoms with Gasteiger partial charge < -0.3 is 10.6 Å². The Labute approximate surface area is 120 Å². The molecule has 0 aliphatic carbocycles. The summed E-state index contributed by atoms with van der Waals surface area (Å²) in [6.07, 6.45) is 0.899. The molecule has 0 spiro atoms. The topological polar surface area (TPSA) is 46.3 Å². The van der Waals surface area contributed by atoms with Gasteiger partial charge in [-0.2, -0.15) is 0 Å². The SMILES string of the molecule is CCC(C)[C@H](N)C(=O)N(CC)Cc1ccccc1Cl. The van der Waals surface area contributed by atoms with Gasteiger partial charge in [-0.05, 0) is 24.5 Å². The minimum absolute atomic E-state index is 0.00299. The van der Waals surface area contributed by atoms with Crippen molar-refractivity contribution in [1.29, 1.82) is 0 Å². The fourth-order valence-corrected chi connectivity index (χ4v) is 2.08. The highest BCUT2D eigenvalue weighted by Crippen LogP contribution is 2.18. The third-order valence-corrected chi connectivity index (χ3v) is 3.92. The van der Waals surface area contributed by atoms with Gasteiger partial charge in [0.2, 0.25) is 5.91 Å². The van der Waals surface area contributed by atoms with Crippen LogP contribution in [0.25, 0.3) is 0 Å². The van der Waals surface area contributed by atoms with E-state index in [1.54, 1.807) is 4.90 Å². The Balaban J connectivity index is 2.79. The molecule has 19 heavy (non-hydrogen) atoms. The zero-order chi connectivity index (χ0) is 14.4. The van der Waals surface area contributed by atoms with Crippen molar-refractivity contribution >= 4 is 17.5 Å². The molecule has 0 aromatic heterocycles. The van der Waals surface area contributed by atoms with Crippen molar-refractivity contribution in [3.63, 3.8) is 0 Å². The molecule has 0 saturated carbocycles. The van der Waals surface area contributed by atoms with E-state index >= 15 is 0 Å². The van der Waals surface area contributed by atoms with Crippen molar-refractivity contribution in [3.05, 3.63) is 34.9 Å². The number of benzene rings is 1. The van der Waals surface area contributed by atoms with Crippen molar-refractivity contribution in [2.45, 2.75) is 39.8 Å². The van der Waals surface area contributed by atoms with Crippen LogP contribution in [0.15, 0.2) is 24.3 Å². The highest BCUT2D eigenvalue weighted by Gasteiger charge is 2.24. The first-order valence-electron chi connectivity index (χ1n) is 6.79. The largest absolute Gasteiger partial charge is 0.337 e. The monoisotopic (exact) mass is 282 g/mol. The van der Waals surface area contributed by atoms with Crippen LogP contribution >= 0.6 is 11.6 Å². The fraction of sp³-hybridized carbons (Fsp3) is 0.533. The van der Waals surface area contributed by atoms with Crippen LogP contribution < -0.4 is 5.73 Å². The Hall–Kier alpha value is -1.06. The fourth-order valence-electron chi connectivity index (χ4n) is 1.89. The maximum absolute atomic E-state index is 12.3. The summed E-state index contributed by atoms with van der Waals surface area (Å²) in [6, 6.07) is 7.15. The molecule has 3 nitrogen and oxygen atoms in total. The van der Waals surface area contributed by atoms with Gasteiger partial charge in [0.1, 0.15) is 0 Å². The van der Waals surface area contributed by atoms with Crippen LogP contribution in [-0.2, 0) is 11.3 Å². The molecule has 0 saturated heterocycles. The molecule has 4 heteroatoms. The predicted octanol–water partition coefficient (Wildman–Crippen LogP) is 3.06. The maximum atomic E-state index is 12.3. The van der Waals surface area contributed by atoms with Gasteiger partial charge in [0.25, 0.3) is 0 Å². The van der Waals surface area contributed by atoms with E-state index in [0.717, 1.165) is 12.0 Å². The Morgan fingerprint density at radius 3 is 2.53 bits per heavy atom. The minimum Gasteiger partial charge on any atom is -0.337 e. The van der Waals surface area contributed by atoms with Crippen LogP contribution in [0.3, 0.4) is 0 Å². The second kappa shape index (κ2) is 7.51. The zero-order valence-corrected chi connectivity index (χ0v) is 12.7. The molecule has 2 N–H and O–H groups in total. The molecule has 106 valence electrons. The lowest BCUT2D eigenvalue weighted by atomic mass is 9.98. The molecular formula is C15H23ClN2O. The van der Waals surface area contributed by atoms with Crippen molar-refractivity contribution in [3.8, 4) is 0 Å². The van der Waals surface area contributed by atoms with Crippen molar-refractivity contribution < 1.29 is 4.79 Å². The zero-order valence-electron chi connectivity index (χ0n) is 11.9. The van der Waals surface area contributed by atoms with E-state index in [2.05, 4.69) is 0 Å². The van der Waals surface area contributed by atoms with Crippen molar-refractivity contribution in [2.75, 3.05) is 6.54 Å². The van der Waals surface area contributed by atoms with Gasteiger partial charge in [-0.3, -0.25) is 4.79 Å².